The van der Waals surface area contributed by atoms with Crippen molar-refractivity contribution in [2.45, 2.75) is 19.8 Å². The molecule has 1 amide bonds. The summed E-state index contributed by atoms with van der Waals surface area (Å²) in [5, 5.41) is 4.96. The number of nitrogens with zero attached hydrogens (tertiary/aromatic N) is 1. The van der Waals surface area contributed by atoms with Crippen molar-refractivity contribution in [3.63, 3.8) is 0 Å². The lowest BCUT2D eigenvalue weighted by Gasteiger charge is -2.11. The second-order valence-corrected chi connectivity index (χ2v) is 9.79. The number of amides is 1. The number of carbonyl (C=O) groups is 3. The van der Waals surface area contributed by atoms with Gasteiger partial charge in [0.05, 0.1) is 23.9 Å². The van der Waals surface area contributed by atoms with E-state index in [0.717, 1.165) is 12.8 Å². The molecule has 42 heavy (non-hydrogen) atoms. The summed E-state index contributed by atoms with van der Waals surface area (Å²) in [7, 11) is 0. The van der Waals surface area contributed by atoms with Gasteiger partial charge in [-0.1, -0.05) is 36.5 Å². The van der Waals surface area contributed by atoms with Crippen molar-refractivity contribution < 1.29 is 28.6 Å². The van der Waals surface area contributed by atoms with Crippen molar-refractivity contribution >= 4 is 47.3 Å². The Hall–Kier alpha value is -4.66. The fourth-order valence-corrected chi connectivity index (χ4v) is 3.78. The molecule has 1 N–H and O–H groups in total. The molecule has 214 valence electrons. The quantitative estimate of drug-likeness (QED) is 0.0630. The van der Waals surface area contributed by atoms with Gasteiger partial charge in [0, 0.05) is 27.2 Å². The average molecular weight is 605 g/mol. The second kappa shape index (κ2) is 14.8. The van der Waals surface area contributed by atoms with Gasteiger partial charge >= 0.3 is 11.9 Å². The lowest BCUT2D eigenvalue weighted by atomic mass is 10.2. The molecule has 0 unspecified atom stereocenters. The maximum absolute atomic E-state index is 12.8. The Bertz CT molecular complexity index is 1570. The summed E-state index contributed by atoms with van der Waals surface area (Å²) in [5.41, 5.74) is 3.71. The Kier molecular flexibility index (Phi) is 10.7. The minimum Gasteiger partial charge on any atom is -0.494 e. The number of hydrogen-bond acceptors (Lipinski definition) is 7. The van der Waals surface area contributed by atoms with Gasteiger partial charge in [0.2, 0.25) is 0 Å². The summed E-state index contributed by atoms with van der Waals surface area (Å²) < 4.78 is 16.7. The Labute approximate surface area is 252 Å². The molecule has 0 saturated heterocycles. The first kappa shape index (κ1) is 30.3. The van der Waals surface area contributed by atoms with E-state index in [-0.39, 0.29) is 22.6 Å². The van der Waals surface area contributed by atoms with E-state index >= 15 is 0 Å². The molecule has 4 rings (SSSR count). The number of ether oxygens (including phenoxy) is 3. The highest BCUT2D eigenvalue weighted by Gasteiger charge is 2.15. The smallest absolute Gasteiger partial charge is 0.343 e. The van der Waals surface area contributed by atoms with Crippen LogP contribution in [0, 0.1) is 0 Å². The standard InChI is InChI=1S/C32H26Cl2N2O6/c1-2-3-18-40-27-15-8-21(9-16-27)30(37)36-35-20-24-10-17-28(41-31(38)22-4-11-25(33)12-5-22)19-29(24)42-32(39)23-6-13-26(34)14-7-23/h4-17,19-20H,2-3,18H2,1H3,(H,36,37). The van der Waals surface area contributed by atoms with Gasteiger partial charge in [-0.25, -0.2) is 15.0 Å². The van der Waals surface area contributed by atoms with Gasteiger partial charge < -0.3 is 14.2 Å². The maximum atomic E-state index is 12.8. The molecule has 4 aromatic carbocycles. The van der Waals surface area contributed by atoms with Gasteiger partial charge in [-0.05, 0) is 91.3 Å². The second-order valence-electron chi connectivity index (χ2n) is 8.92. The van der Waals surface area contributed by atoms with Crippen LogP contribution < -0.4 is 19.6 Å². The van der Waals surface area contributed by atoms with Crippen LogP contribution in [0.5, 0.6) is 17.2 Å². The lowest BCUT2D eigenvalue weighted by molar-refractivity contribution is 0.0732. The topological polar surface area (TPSA) is 103 Å². The number of hydrogen-bond donors (Lipinski definition) is 1. The van der Waals surface area contributed by atoms with Crippen LogP contribution in [0.3, 0.4) is 0 Å². The molecular weight excluding hydrogens is 579 g/mol. The molecule has 0 aliphatic rings. The maximum Gasteiger partial charge on any atom is 0.343 e. The van der Waals surface area contributed by atoms with Crippen LogP contribution in [0.15, 0.2) is 96.1 Å². The number of rotatable bonds is 11. The number of carbonyl (C=O) groups excluding carboxylic acids is 3. The Morgan fingerprint density at radius 1 is 0.738 bits per heavy atom. The van der Waals surface area contributed by atoms with Crippen LogP contribution >= 0.6 is 23.2 Å². The van der Waals surface area contributed by atoms with Crippen molar-refractivity contribution in [2.75, 3.05) is 6.61 Å². The van der Waals surface area contributed by atoms with Crippen LogP contribution in [0.2, 0.25) is 10.0 Å². The molecule has 0 saturated carbocycles. The first-order chi connectivity index (χ1) is 20.3. The summed E-state index contributed by atoms with van der Waals surface area (Å²) in [6.07, 6.45) is 3.28. The van der Waals surface area contributed by atoms with Gasteiger partial charge in [0.1, 0.15) is 17.2 Å². The zero-order valence-corrected chi connectivity index (χ0v) is 24.0. The van der Waals surface area contributed by atoms with Gasteiger partial charge in [0.15, 0.2) is 0 Å². The van der Waals surface area contributed by atoms with E-state index in [1.807, 2.05) is 0 Å². The zero-order chi connectivity index (χ0) is 29.9. The monoisotopic (exact) mass is 604 g/mol. The van der Waals surface area contributed by atoms with Crippen LogP contribution in [0.1, 0.15) is 56.4 Å². The molecular formula is C32H26Cl2N2O6. The van der Waals surface area contributed by atoms with Gasteiger partial charge in [0.25, 0.3) is 5.91 Å². The van der Waals surface area contributed by atoms with Crippen molar-refractivity contribution in [3.05, 3.63) is 123 Å². The molecule has 0 radical (unpaired) electrons. The first-order valence-corrected chi connectivity index (χ1v) is 13.7. The van der Waals surface area contributed by atoms with Crippen molar-refractivity contribution in [3.8, 4) is 17.2 Å². The number of esters is 2. The molecule has 0 aliphatic heterocycles. The van der Waals surface area contributed by atoms with E-state index in [1.54, 1.807) is 48.5 Å². The largest absolute Gasteiger partial charge is 0.494 e. The molecule has 0 bridgehead atoms. The fourth-order valence-electron chi connectivity index (χ4n) is 3.53. The highest BCUT2D eigenvalue weighted by atomic mass is 35.5. The summed E-state index contributed by atoms with van der Waals surface area (Å²) >= 11 is 11.8. The van der Waals surface area contributed by atoms with Gasteiger partial charge in [-0.2, -0.15) is 5.10 Å². The van der Waals surface area contributed by atoms with Crippen LogP contribution in [-0.2, 0) is 0 Å². The third-order valence-corrected chi connectivity index (χ3v) is 6.31. The predicted octanol–water partition coefficient (Wildman–Crippen LogP) is 7.37. The van der Waals surface area contributed by atoms with E-state index in [1.165, 1.54) is 48.7 Å². The highest BCUT2D eigenvalue weighted by Crippen LogP contribution is 2.26. The Morgan fingerprint density at radius 3 is 1.88 bits per heavy atom. The van der Waals surface area contributed by atoms with Crippen LogP contribution in [-0.4, -0.2) is 30.7 Å². The van der Waals surface area contributed by atoms with Crippen molar-refractivity contribution in [1.29, 1.82) is 0 Å². The third kappa shape index (κ3) is 8.67. The van der Waals surface area contributed by atoms with E-state index in [0.29, 0.717) is 33.5 Å². The van der Waals surface area contributed by atoms with Crippen molar-refractivity contribution in [2.24, 2.45) is 5.10 Å². The molecule has 0 aromatic heterocycles. The molecule has 0 aliphatic carbocycles. The van der Waals surface area contributed by atoms with E-state index in [2.05, 4.69) is 17.5 Å². The molecule has 8 nitrogen and oxygen atoms in total. The Balaban J connectivity index is 1.50. The predicted molar refractivity (Wildman–Crippen MR) is 161 cm³/mol. The SMILES string of the molecule is CCCCOc1ccc(C(=O)NN=Cc2ccc(OC(=O)c3ccc(Cl)cc3)cc2OC(=O)c2ccc(Cl)cc2)cc1. The van der Waals surface area contributed by atoms with Gasteiger partial charge in [-0.15, -0.1) is 0 Å². The molecule has 0 spiro atoms. The van der Waals surface area contributed by atoms with E-state index in [9.17, 15) is 14.4 Å². The normalized spacial score (nSPS) is 10.7. The molecule has 4 aromatic rings. The minimum atomic E-state index is -0.673. The summed E-state index contributed by atoms with van der Waals surface area (Å²) in [6, 6.07) is 23.5. The highest BCUT2D eigenvalue weighted by molar-refractivity contribution is 6.31. The van der Waals surface area contributed by atoms with Crippen LogP contribution in [0.25, 0.3) is 0 Å². The van der Waals surface area contributed by atoms with E-state index in [4.69, 9.17) is 37.4 Å². The molecule has 10 heteroatoms. The minimum absolute atomic E-state index is 0.0444. The van der Waals surface area contributed by atoms with E-state index < -0.39 is 17.8 Å². The number of benzene rings is 4. The number of unbranched alkanes of at least 4 members (excludes halogenated alkanes) is 1. The zero-order valence-electron chi connectivity index (χ0n) is 22.5. The number of nitrogens with one attached hydrogen (secondary N) is 1. The lowest BCUT2D eigenvalue weighted by Crippen LogP contribution is -2.17. The molecule has 0 atom stereocenters. The number of halogens is 2. The first-order valence-electron chi connectivity index (χ1n) is 13.0. The third-order valence-electron chi connectivity index (χ3n) is 5.81. The summed E-state index contributed by atoms with van der Waals surface area (Å²) in [4.78, 5) is 38.0. The number of hydrazone groups is 1. The van der Waals surface area contributed by atoms with Gasteiger partial charge in [-0.3, -0.25) is 4.79 Å². The summed E-state index contributed by atoms with van der Waals surface area (Å²) in [6.45, 7) is 2.69. The van der Waals surface area contributed by atoms with Crippen molar-refractivity contribution in [1.82, 2.24) is 5.43 Å². The van der Waals surface area contributed by atoms with Crippen LogP contribution in [0.4, 0.5) is 0 Å². The summed E-state index contributed by atoms with van der Waals surface area (Å²) in [5.74, 6) is -0.906. The Morgan fingerprint density at radius 2 is 1.29 bits per heavy atom. The molecule has 0 heterocycles. The molecule has 0 fully saturated rings. The fraction of sp³-hybridized carbons (Fsp3) is 0.125. The average Bonchev–Trinajstić information content (AvgIpc) is 2.99.